The van der Waals surface area contributed by atoms with E-state index in [2.05, 4.69) is 4.72 Å². The number of hydrogen-bond acceptors (Lipinski definition) is 4. The van der Waals surface area contributed by atoms with E-state index < -0.39 is 27.8 Å². The van der Waals surface area contributed by atoms with Gasteiger partial charge in [0.2, 0.25) is 10.0 Å². The van der Waals surface area contributed by atoms with Crippen molar-refractivity contribution in [3.8, 4) is 6.07 Å². The van der Waals surface area contributed by atoms with Crippen molar-refractivity contribution in [2.45, 2.75) is 25.1 Å². The summed E-state index contributed by atoms with van der Waals surface area (Å²) in [4.78, 5) is 1.48. The number of piperidine rings is 1. The van der Waals surface area contributed by atoms with Crippen molar-refractivity contribution in [3.63, 3.8) is 0 Å². The van der Waals surface area contributed by atoms with Gasteiger partial charge in [-0.25, -0.2) is 13.1 Å². The Labute approximate surface area is 132 Å². The maximum absolute atomic E-state index is 13.2. The Morgan fingerprint density at radius 3 is 2.65 bits per heavy atom. The van der Waals surface area contributed by atoms with Crippen LogP contribution in [0.5, 0.6) is 0 Å². The lowest BCUT2D eigenvalue weighted by atomic mass is 10.0. The van der Waals surface area contributed by atoms with Gasteiger partial charge in [-0.1, -0.05) is 0 Å². The normalized spacial score (nSPS) is 19.4. The summed E-state index contributed by atoms with van der Waals surface area (Å²) in [6.45, 7) is 0.505. The van der Waals surface area contributed by atoms with E-state index in [1.807, 2.05) is 6.07 Å². The lowest BCUT2D eigenvalue weighted by Gasteiger charge is -2.35. The van der Waals surface area contributed by atoms with Crippen LogP contribution in [0.15, 0.2) is 18.2 Å². The second kappa shape index (κ2) is 6.37. The predicted octanol–water partition coefficient (Wildman–Crippen LogP) is 2.10. The molecule has 126 valence electrons. The van der Waals surface area contributed by atoms with Crippen molar-refractivity contribution in [2.75, 3.05) is 24.2 Å². The monoisotopic (exact) mass is 347 g/mol. The van der Waals surface area contributed by atoms with Crippen LogP contribution in [0, 0.1) is 11.3 Å². The second-order valence-corrected chi connectivity index (χ2v) is 7.30. The quantitative estimate of drug-likeness (QED) is 0.909. The first kappa shape index (κ1) is 17.6. The molecule has 0 aliphatic carbocycles. The van der Waals surface area contributed by atoms with E-state index in [-0.39, 0.29) is 17.8 Å². The fourth-order valence-electron chi connectivity index (χ4n) is 2.70. The molecule has 1 fully saturated rings. The first-order valence-electron chi connectivity index (χ1n) is 6.94. The second-order valence-electron chi connectivity index (χ2n) is 5.52. The van der Waals surface area contributed by atoms with Crippen molar-refractivity contribution >= 4 is 15.7 Å². The maximum Gasteiger partial charge on any atom is 0.418 e. The fourth-order valence-corrected chi connectivity index (χ4v) is 3.50. The van der Waals surface area contributed by atoms with E-state index in [4.69, 9.17) is 5.26 Å². The number of benzene rings is 1. The van der Waals surface area contributed by atoms with Crippen LogP contribution in [-0.4, -0.2) is 33.8 Å². The molecule has 1 aromatic carbocycles. The van der Waals surface area contributed by atoms with E-state index in [0.717, 1.165) is 18.4 Å². The number of alkyl halides is 3. The zero-order chi connectivity index (χ0) is 17.3. The van der Waals surface area contributed by atoms with E-state index in [1.54, 1.807) is 0 Å². The van der Waals surface area contributed by atoms with Crippen LogP contribution in [0.3, 0.4) is 0 Å². The molecule has 0 saturated carbocycles. The number of rotatable bonds is 3. The molecule has 1 aliphatic heterocycles. The Morgan fingerprint density at radius 1 is 1.39 bits per heavy atom. The Morgan fingerprint density at radius 2 is 2.09 bits per heavy atom. The minimum Gasteiger partial charge on any atom is -0.369 e. The highest BCUT2D eigenvalue weighted by molar-refractivity contribution is 7.88. The molecule has 1 atom stereocenters. The van der Waals surface area contributed by atoms with E-state index >= 15 is 0 Å². The van der Waals surface area contributed by atoms with E-state index in [0.29, 0.717) is 19.4 Å². The first-order valence-corrected chi connectivity index (χ1v) is 8.83. The molecule has 5 nitrogen and oxygen atoms in total. The van der Waals surface area contributed by atoms with Crippen molar-refractivity contribution in [2.24, 2.45) is 0 Å². The van der Waals surface area contributed by atoms with Crippen molar-refractivity contribution in [1.82, 2.24) is 4.72 Å². The van der Waals surface area contributed by atoms with Gasteiger partial charge in [-0.3, -0.25) is 0 Å². The minimum atomic E-state index is -4.54. The average Bonchev–Trinajstić information content (AvgIpc) is 2.44. The molecule has 0 aromatic heterocycles. The number of nitriles is 1. The summed E-state index contributed by atoms with van der Waals surface area (Å²) >= 11 is 0. The van der Waals surface area contributed by atoms with Crippen molar-refractivity contribution in [3.05, 3.63) is 29.3 Å². The lowest BCUT2D eigenvalue weighted by molar-refractivity contribution is -0.137. The highest BCUT2D eigenvalue weighted by Crippen LogP contribution is 2.38. The molecule has 0 amide bonds. The molecule has 0 bridgehead atoms. The molecule has 23 heavy (non-hydrogen) atoms. The molecule has 1 N–H and O–H groups in total. The summed E-state index contributed by atoms with van der Waals surface area (Å²) in [5.74, 6) is 0. The minimum absolute atomic E-state index is 0.0865. The van der Waals surface area contributed by atoms with Crippen LogP contribution >= 0.6 is 0 Å². The molecular weight excluding hydrogens is 331 g/mol. The van der Waals surface area contributed by atoms with Crippen LogP contribution in [0.1, 0.15) is 24.0 Å². The summed E-state index contributed by atoms with van der Waals surface area (Å²) in [5.41, 5.74) is -0.778. The van der Waals surface area contributed by atoms with E-state index in [9.17, 15) is 21.6 Å². The van der Waals surface area contributed by atoms with Crippen LogP contribution in [-0.2, 0) is 16.2 Å². The molecule has 2 rings (SSSR count). The van der Waals surface area contributed by atoms with Crippen molar-refractivity contribution in [1.29, 1.82) is 5.26 Å². The Hall–Kier alpha value is -1.79. The predicted molar refractivity (Wildman–Crippen MR) is 79.4 cm³/mol. The topological polar surface area (TPSA) is 73.2 Å². The summed E-state index contributed by atoms with van der Waals surface area (Å²) in [5, 5.41) is 8.92. The molecule has 1 heterocycles. The van der Waals surface area contributed by atoms with Gasteiger partial charge >= 0.3 is 6.18 Å². The molecule has 0 radical (unpaired) electrons. The molecule has 1 aliphatic rings. The zero-order valence-electron chi connectivity index (χ0n) is 12.4. The van der Waals surface area contributed by atoms with Crippen LogP contribution in [0.4, 0.5) is 18.9 Å². The fraction of sp³-hybridized carbons (Fsp3) is 0.500. The van der Waals surface area contributed by atoms with Gasteiger partial charge in [0, 0.05) is 19.1 Å². The number of nitrogens with zero attached hydrogens (tertiary/aromatic N) is 2. The van der Waals surface area contributed by atoms with Gasteiger partial charge in [0.15, 0.2) is 0 Å². The van der Waals surface area contributed by atoms with Gasteiger partial charge in [0.25, 0.3) is 0 Å². The molecule has 0 unspecified atom stereocenters. The summed E-state index contributed by atoms with van der Waals surface area (Å²) < 4.78 is 64.6. The maximum atomic E-state index is 13.2. The summed E-state index contributed by atoms with van der Waals surface area (Å²) in [6, 6.07) is 4.59. The first-order chi connectivity index (χ1) is 10.6. The third kappa shape index (κ3) is 4.59. The molecule has 1 aromatic rings. The summed E-state index contributed by atoms with van der Waals surface area (Å²) in [6.07, 6.45) is -2.41. The lowest BCUT2D eigenvalue weighted by Crippen LogP contribution is -2.47. The van der Waals surface area contributed by atoms with Crippen molar-refractivity contribution < 1.29 is 21.6 Å². The number of nitrogens with one attached hydrogen (secondary N) is 1. The van der Waals surface area contributed by atoms with Crippen LogP contribution < -0.4 is 9.62 Å². The smallest absolute Gasteiger partial charge is 0.369 e. The van der Waals surface area contributed by atoms with Gasteiger partial charge in [0.05, 0.1) is 29.1 Å². The van der Waals surface area contributed by atoms with Gasteiger partial charge in [-0.2, -0.15) is 18.4 Å². The van der Waals surface area contributed by atoms with Gasteiger partial charge in [-0.15, -0.1) is 0 Å². The summed E-state index contributed by atoms with van der Waals surface area (Å²) in [7, 11) is -3.43. The third-order valence-electron chi connectivity index (χ3n) is 3.58. The number of halogens is 3. The van der Waals surface area contributed by atoms with Crippen LogP contribution in [0.25, 0.3) is 0 Å². The number of anilines is 1. The molecule has 9 heteroatoms. The Bertz CT molecular complexity index is 726. The standard InChI is InChI=1S/C14H16F3N3O2S/c1-23(21,22)19-11-3-2-6-20(9-11)13-7-10(8-18)4-5-12(13)14(15,16)17/h4-5,7,11,19H,2-3,6,9H2,1H3/t11-/m0/s1. The highest BCUT2D eigenvalue weighted by atomic mass is 32.2. The molecule has 1 saturated heterocycles. The highest BCUT2D eigenvalue weighted by Gasteiger charge is 2.36. The Kier molecular flexibility index (Phi) is 4.87. The molecule has 0 spiro atoms. The zero-order valence-corrected chi connectivity index (χ0v) is 13.2. The number of sulfonamides is 1. The Balaban J connectivity index is 2.34. The van der Waals surface area contributed by atoms with Crippen LogP contribution in [0.2, 0.25) is 0 Å². The number of hydrogen-bond donors (Lipinski definition) is 1. The van der Waals surface area contributed by atoms with Gasteiger partial charge in [0.1, 0.15) is 0 Å². The third-order valence-corrected chi connectivity index (χ3v) is 4.34. The molecular formula is C14H16F3N3O2S. The van der Waals surface area contributed by atoms with E-state index in [1.165, 1.54) is 11.0 Å². The van der Waals surface area contributed by atoms with Gasteiger partial charge < -0.3 is 4.90 Å². The van der Waals surface area contributed by atoms with Gasteiger partial charge in [-0.05, 0) is 31.0 Å². The SMILES string of the molecule is CS(=O)(=O)N[C@H]1CCCN(c2cc(C#N)ccc2C(F)(F)F)C1. The average molecular weight is 347 g/mol. The largest absolute Gasteiger partial charge is 0.418 e.